The van der Waals surface area contributed by atoms with Gasteiger partial charge in [-0.2, -0.15) is 33.7 Å². The van der Waals surface area contributed by atoms with E-state index in [0.717, 1.165) is 23.3 Å². The summed E-state index contributed by atoms with van der Waals surface area (Å²) in [6.07, 6.45) is -0.572. The van der Waals surface area contributed by atoms with Crippen molar-refractivity contribution in [1.29, 1.82) is 0 Å². The summed E-state index contributed by atoms with van der Waals surface area (Å²) in [5, 5.41) is 12.4. The predicted molar refractivity (Wildman–Crippen MR) is 98.2 cm³/mol. The first-order chi connectivity index (χ1) is 12.9. The molecule has 1 N–H and O–H groups in total. The molecule has 5 rings (SSSR count). The van der Waals surface area contributed by atoms with Gasteiger partial charge in [-0.15, -0.1) is 0 Å². The third kappa shape index (κ3) is 2.24. The molecule has 0 spiro atoms. The molecule has 28 heavy (non-hydrogen) atoms. The van der Waals surface area contributed by atoms with Crippen LogP contribution in [0.5, 0.6) is 0 Å². The predicted octanol–water partition coefficient (Wildman–Crippen LogP) is 6.05. The van der Waals surface area contributed by atoms with Gasteiger partial charge >= 0.3 is 12.1 Å². The van der Waals surface area contributed by atoms with Crippen LogP contribution in [0.2, 0.25) is 0 Å². The van der Waals surface area contributed by atoms with Gasteiger partial charge in [0, 0.05) is 15.9 Å². The molecule has 9 atom stereocenters. The van der Waals surface area contributed by atoms with Crippen LogP contribution in [0.3, 0.4) is 0 Å². The summed E-state index contributed by atoms with van der Waals surface area (Å²) in [7, 11) is 0. The number of alkyl halides is 5. The molecule has 7 heteroatoms. The standard InChI is InChI=1S/C21H29F5OS/c1-17-10-16-15(28-16)9-11(17)3-4-12-13(17)5-7-18(2)14(12)6-8-19(18,27)20(22,23)21(24,25)26/h11-16,27H,3-10H2,1-2H3/t11-,12+,13-,14-,15+,16-,17-,18-,19-/m0/s1. The molecule has 4 saturated carbocycles. The van der Waals surface area contributed by atoms with E-state index < -0.39 is 29.5 Å². The minimum absolute atomic E-state index is 0.165. The van der Waals surface area contributed by atoms with E-state index in [1.165, 1.54) is 19.8 Å². The SMILES string of the molecule is C[C@]12C[C@@H]3S[C@@H]3C[C@@H]1CC[C@@H]1[C@@H]2CC[C@@]2(C)[C@H]1CC[C@@]2(O)C(F)(F)C(F)(F)F. The summed E-state index contributed by atoms with van der Waals surface area (Å²) in [6.45, 7) is 3.88. The number of fused-ring (bicyclic) bond motifs is 6. The normalized spacial score (nSPS) is 55.7. The van der Waals surface area contributed by atoms with Crippen molar-refractivity contribution in [1.82, 2.24) is 0 Å². The molecule has 1 saturated heterocycles. The lowest BCUT2D eigenvalue weighted by Crippen LogP contribution is -2.66. The molecule has 5 fully saturated rings. The van der Waals surface area contributed by atoms with E-state index in [-0.39, 0.29) is 30.1 Å². The van der Waals surface area contributed by atoms with Crippen molar-refractivity contribution < 1.29 is 27.1 Å². The second kappa shape index (κ2) is 5.60. The van der Waals surface area contributed by atoms with Gasteiger partial charge in [0.05, 0.1) is 0 Å². The largest absolute Gasteiger partial charge is 0.456 e. The Bertz CT molecular complexity index is 682. The first kappa shape index (κ1) is 19.9. The van der Waals surface area contributed by atoms with E-state index in [2.05, 4.69) is 18.7 Å². The third-order valence-corrected chi connectivity index (χ3v) is 11.3. The van der Waals surface area contributed by atoms with Crippen LogP contribution in [-0.4, -0.2) is 33.3 Å². The number of aliphatic hydroxyl groups is 1. The maximum Gasteiger partial charge on any atom is 0.456 e. The summed E-state index contributed by atoms with van der Waals surface area (Å²) >= 11 is 2.06. The van der Waals surface area contributed by atoms with Crippen molar-refractivity contribution in [2.75, 3.05) is 0 Å². The number of thioether (sulfide) groups is 1. The summed E-state index contributed by atoms with van der Waals surface area (Å²) < 4.78 is 68.6. The van der Waals surface area contributed by atoms with E-state index in [4.69, 9.17) is 0 Å². The Morgan fingerprint density at radius 1 is 0.893 bits per heavy atom. The van der Waals surface area contributed by atoms with Crippen molar-refractivity contribution in [3.63, 3.8) is 0 Å². The monoisotopic (exact) mass is 424 g/mol. The zero-order valence-electron chi connectivity index (χ0n) is 16.4. The highest BCUT2D eigenvalue weighted by atomic mass is 32.2. The molecule has 5 aliphatic rings. The van der Waals surface area contributed by atoms with Gasteiger partial charge in [0.2, 0.25) is 0 Å². The number of halogens is 5. The van der Waals surface area contributed by atoms with Crippen molar-refractivity contribution in [3.8, 4) is 0 Å². The lowest BCUT2D eigenvalue weighted by molar-refractivity contribution is -0.364. The fraction of sp³-hybridized carbons (Fsp3) is 1.00. The highest BCUT2D eigenvalue weighted by molar-refractivity contribution is 8.07. The lowest BCUT2D eigenvalue weighted by atomic mass is 9.44. The van der Waals surface area contributed by atoms with Crippen LogP contribution in [0.25, 0.3) is 0 Å². The van der Waals surface area contributed by atoms with Crippen LogP contribution >= 0.6 is 11.8 Å². The number of hydrogen-bond acceptors (Lipinski definition) is 2. The molecule has 1 heterocycles. The Morgan fingerprint density at radius 3 is 2.25 bits per heavy atom. The molecule has 0 aromatic rings. The van der Waals surface area contributed by atoms with Crippen LogP contribution in [-0.2, 0) is 0 Å². The van der Waals surface area contributed by atoms with Crippen LogP contribution in [0, 0.1) is 34.5 Å². The molecule has 0 aromatic carbocycles. The molecule has 0 aromatic heterocycles. The van der Waals surface area contributed by atoms with Crippen molar-refractivity contribution >= 4 is 11.8 Å². The average Bonchev–Trinajstić information content (AvgIpc) is 3.27. The second-order valence-corrected chi connectivity index (χ2v) is 12.2. The van der Waals surface area contributed by atoms with E-state index in [1.807, 2.05) is 0 Å². The second-order valence-electron chi connectivity index (χ2n) is 10.7. The van der Waals surface area contributed by atoms with Crippen molar-refractivity contribution in [2.45, 2.75) is 93.4 Å². The quantitative estimate of drug-likeness (QED) is 0.408. The van der Waals surface area contributed by atoms with E-state index in [1.54, 1.807) is 0 Å². The van der Waals surface area contributed by atoms with Gasteiger partial charge in [-0.1, -0.05) is 13.8 Å². The molecule has 0 amide bonds. The Labute approximate surface area is 167 Å². The molecule has 160 valence electrons. The van der Waals surface area contributed by atoms with Gasteiger partial charge in [0.15, 0.2) is 0 Å². The summed E-state index contributed by atoms with van der Waals surface area (Å²) in [5.41, 5.74) is -4.18. The van der Waals surface area contributed by atoms with E-state index >= 15 is 0 Å². The Morgan fingerprint density at radius 2 is 1.57 bits per heavy atom. The smallest absolute Gasteiger partial charge is 0.383 e. The average molecular weight is 425 g/mol. The summed E-state index contributed by atoms with van der Waals surface area (Å²) in [4.78, 5) is 0. The minimum Gasteiger partial charge on any atom is -0.383 e. The van der Waals surface area contributed by atoms with Gasteiger partial charge < -0.3 is 5.11 Å². The first-order valence-corrected chi connectivity index (χ1v) is 11.6. The Kier molecular flexibility index (Phi) is 3.98. The van der Waals surface area contributed by atoms with Gasteiger partial charge in [0.25, 0.3) is 0 Å². The van der Waals surface area contributed by atoms with Gasteiger partial charge in [-0.05, 0) is 80.5 Å². The first-order valence-electron chi connectivity index (χ1n) is 10.7. The third-order valence-electron chi connectivity index (χ3n) is 9.94. The zero-order valence-corrected chi connectivity index (χ0v) is 17.2. The minimum atomic E-state index is -5.72. The number of hydrogen-bond donors (Lipinski definition) is 1. The molecule has 0 bridgehead atoms. The van der Waals surface area contributed by atoms with Crippen molar-refractivity contribution in [3.05, 3.63) is 0 Å². The zero-order chi connectivity index (χ0) is 20.3. The maximum absolute atomic E-state index is 14.5. The van der Waals surface area contributed by atoms with Crippen LogP contribution in [0.4, 0.5) is 22.0 Å². The fourth-order valence-electron chi connectivity index (χ4n) is 8.29. The highest BCUT2D eigenvalue weighted by Crippen LogP contribution is 2.73. The van der Waals surface area contributed by atoms with Crippen LogP contribution in [0.15, 0.2) is 0 Å². The topological polar surface area (TPSA) is 20.2 Å². The molecule has 0 unspecified atom stereocenters. The number of rotatable bonds is 1. The summed E-state index contributed by atoms with van der Waals surface area (Å²) in [5.74, 6) is -4.09. The fourth-order valence-corrected chi connectivity index (χ4v) is 9.65. The molecular formula is C21H29F5OS. The van der Waals surface area contributed by atoms with E-state index in [9.17, 15) is 27.1 Å². The van der Waals surface area contributed by atoms with E-state index in [0.29, 0.717) is 18.3 Å². The van der Waals surface area contributed by atoms with Gasteiger partial charge in [0.1, 0.15) is 5.60 Å². The van der Waals surface area contributed by atoms with Crippen LogP contribution in [0.1, 0.15) is 65.2 Å². The lowest BCUT2D eigenvalue weighted by Gasteiger charge is -2.61. The van der Waals surface area contributed by atoms with Gasteiger partial charge in [-0.25, -0.2) is 0 Å². The molecular weight excluding hydrogens is 395 g/mol. The summed E-state index contributed by atoms with van der Waals surface area (Å²) in [6, 6.07) is 0. The molecule has 1 nitrogen and oxygen atoms in total. The molecule has 1 aliphatic heterocycles. The maximum atomic E-state index is 14.5. The molecule has 0 radical (unpaired) electrons. The van der Waals surface area contributed by atoms with Crippen LogP contribution < -0.4 is 0 Å². The Hall–Kier alpha value is -0.0400. The highest BCUT2D eigenvalue weighted by Gasteiger charge is 2.79. The Balaban J connectivity index is 1.47. The molecule has 4 aliphatic carbocycles. The van der Waals surface area contributed by atoms with Gasteiger partial charge in [-0.3, -0.25) is 0 Å². The van der Waals surface area contributed by atoms with Crippen molar-refractivity contribution in [2.24, 2.45) is 34.5 Å².